The summed E-state index contributed by atoms with van der Waals surface area (Å²) in [7, 11) is 1.56. The molecular formula is C9H17N3O3. The summed E-state index contributed by atoms with van der Waals surface area (Å²) in [5.74, 6) is -1.13. The Morgan fingerprint density at radius 3 is 2.60 bits per heavy atom. The fourth-order valence-electron chi connectivity index (χ4n) is 1.74. The third-order valence-corrected chi connectivity index (χ3v) is 2.93. The molecule has 0 radical (unpaired) electrons. The quantitative estimate of drug-likeness (QED) is 0.538. The van der Waals surface area contributed by atoms with Gasteiger partial charge in [0, 0.05) is 20.1 Å². The Hall–Kier alpha value is -1.14. The molecule has 0 bridgehead atoms. The highest BCUT2D eigenvalue weighted by Gasteiger charge is 2.43. The first-order chi connectivity index (χ1) is 6.90. The lowest BCUT2D eigenvalue weighted by Crippen LogP contribution is -2.52. The van der Waals surface area contributed by atoms with E-state index in [1.54, 1.807) is 18.9 Å². The summed E-state index contributed by atoms with van der Waals surface area (Å²) in [6.07, 6.45) is 0.379. The molecule has 0 aromatic heterocycles. The number of carbonyl (C=O) groups is 2. The largest absolute Gasteiger partial charge is 0.480 e. The Morgan fingerprint density at radius 1 is 1.60 bits per heavy atom. The van der Waals surface area contributed by atoms with Crippen LogP contribution in [0.1, 0.15) is 13.3 Å². The second-order valence-corrected chi connectivity index (χ2v) is 3.97. The van der Waals surface area contributed by atoms with Gasteiger partial charge in [0.25, 0.3) is 0 Å². The van der Waals surface area contributed by atoms with Gasteiger partial charge in [-0.15, -0.1) is 0 Å². The highest BCUT2D eigenvalue weighted by atomic mass is 16.4. The van der Waals surface area contributed by atoms with Gasteiger partial charge >= 0.3 is 5.97 Å². The number of nitrogens with two attached hydrogens (primary N) is 1. The number of rotatable bonds is 3. The van der Waals surface area contributed by atoms with E-state index in [0.29, 0.717) is 13.0 Å². The molecule has 1 saturated heterocycles. The minimum atomic E-state index is -1.21. The monoisotopic (exact) mass is 215 g/mol. The number of carboxylic acid groups (broad SMARTS) is 1. The third-order valence-electron chi connectivity index (χ3n) is 2.93. The second-order valence-electron chi connectivity index (χ2n) is 3.97. The van der Waals surface area contributed by atoms with Gasteiger partial charge in [0.1, 0.15) is 5.54 Å². The number of hydrogen-bond acceptors (Lipinski definition) is 4. The average molecular weight is 215 g/mol. The Morgan fingerprint density at radius 2 is 2.20 bits per heavy atom. The van der Waals surface area contributed by atoms with Crippen molar-refractivity contribution in [2.45, 2.75) is 24.9 Å². The molecule has 2 unspecified atom stereocenters. The van der Waals surface area contributed by atoms with E-state index in [4.69, 9.17) is 10.8 Å². The van der Waals surface area contributed by atoms with Crippen LogP contribution < -0.4 is 11.1 Å². The van der Waals surface area contributed by atoms with Crippen LogP contribution in [0.3, 0.4) is 0 Å². The van der Waals surface area contributed by atoms with Crippen molar-refractivity contribution in [1.82, 2.24) is 10.2 Å². The molecule has 1 aliphatic rings. The van der Waals surface area contributed by atoms with Gasteiger partial charge in [-0.25, -0.2) is 0 Å². The maximum absolute atomic E-state index is 11.3. The smallest absolute Gasteiger partial charge is 0.325 e. The van der Waals surface area contributed by atoms with Crippen molar-refractivity contribution >= 4 is 11.9 Å². The molecular weight excluding hydrogens is 198 g/mol. The molecule has 0 aromatic rings. The van der Waals surface area contributed by atoms with Crippen LogP contribution in [0.25, 0.3) is 0 Å². The standard InChI is InChI=1S/C9H17N3O3/c1-6(7(13)11-2)12-4-3-9(10,5-12)8(14)15/h6H,3-5,10H2,1-2H3,(H,11,13)(H,14,15). The number of aliphatic carboxylic acids is 1. The lowest BCUT2D eigenvalue weighted by atomic mass is 10.0. The molecule has 0 saturated carbocycles. The molecule has 2 atom stereocenters. The highest BCUT2D eigenvalue weighted by molar-refractivity contribution is 5.82. The Kier molecular flexibility index (Phi) is 3.31. The van der Waals surface area contributed by atoms with E-state index >= 15 is 0 Å². The summed E-state index contributed by atoms with van der Waals surface area (Å²) in [5, 5.41) is 11.4. The van der Waals surface area contributed by atoms with E-state index < -0.39 is 11.5 Å². The molecule has 1 fully saturated rings. The fourth-order valence-corrected chi connectivity index (χ4v) is 1.74. The zero-order valence-electron chi connectivity index (χ0n) is 8.99. The molecule has 4 N–H and O–H groups in total. The van der Waals surface area contributed by atoms with Crippen molar-refractivity contribution in [3.63, 3.8) is 0 Å². The molecule has 0 spiro atoms. The number of carbonyl (C=O) groups excluding carboxylic acids is 1. The van der Waals surface area contributed by atoms with Gasteiger partial charge in [0.15, 0.2) is 0 Å². The molecule has 1 aliphatic heterocycles. The van der Waals surface area contributed by atoms with Crippen molar-refractivity contribution in [2.24, 2.45) is 5.73 Å². The normalized spacial score (nSPS) is 28.7. The van der Waals surface area contributed by atoms with Gasteiger partial charge < -0.3 is 16.2 Å². The molecule has 6 heteroatoms. The summed E-state index contributed by atoms with van der Waals surface area (Å²) >= 11 is 0. The second kappa shape index (κ2) is 4.16. The maximum Gasteiger partial charge on any atom is 0.325 e. The summed E-state index contributed by atoms with van der Waals surface area (Å²) in [4.78, 5) is 24.0. The Bertz CT molecular complexity index is 282. The van der Waals surface area contributed by atoms with Gasteiger partial charge in [-0.2, -0.15) is 0 Å². The van der Waals surface area contributed by atoms with Crippen LogP contribution in [0, 0.1) is 0 Å². The Labute approximate surface area is 88.4 Å². The van der Waals surface area contributed by atoms with E-state index in [9.17, 15) is 9.59 Å². The van der Waals surface area contributed by atoms with Crippen molar-refractivity contribution in [3.05, 3.63) is 0 Å². The third kappa shape index (κ3) is 2.27. The molecule has 15 heavy (non-hydrogen) atoms. The minimum absolute atomic E-state index is 0.121. The first-order valence-corrected chi connectivity index (χ1v) is 4.88. The van der Waals surface area contributed by atoms with Gasteiger partial charge in [-0.05, 0) is 13.3 Å². The summed E-state index contributed by atoms with van der Waals surface area (Å²) in [6.45, 7) is 2.50. The van der Waals surface area contributed by atoms with Crippen LogP contribution >= 0.6 is 0 Å². The molecule has 0 aliphatic carbocycles. The van der Waals surface area contributed by atoms with Gasteiger partial charge in [-0.3, -0.25) is 14.5 Å². The highest BCUT2D eigenvalue weighted by Crippen LogP contribution is 2.20. The van der Waals surface area contributed by atoms with Crippen LogP contribution in [0.5, 0.6) is 0 Å². The minimum Gasteiger partial charge on any atom is -0.480 e. The molecule has 1 rings (SSSR count). The SMILES string of the molecule is CNC(=O)C(C)N1CCC(N)(C(=O)O)C1. The van der Waals surface area contributed by atoms with Gasteiger partial charge in [0.2, 0.25) is 5.91 Å². The lowest BCUT2D eigenvalue weighted by Gasteiger charge is -2.24. The van der Waals surface area contributed by atoms with Crippen molar-refractivity contribution in [2.75, 3.05) is 20.1 Å². The van der Waals surface area contributed by atoms with Crippen LogP contribution in [-0.4, -0.2) is 53.6 Å². The van der Waals surface area contributed by atoms with E-state index in [1.165, 1.54) is 0 Å². The zero-order chi connectivity index (χ0) is 11.6. The number of likely N-dealkylation sites (N-methyl/N-ethyl adjacent to an activating group) is 1. The Balaban J connectivity index is 2.64. The van der Waals surface area contributed by atoms with Crippen LogP contribution in [0.2, 0.25) is 0 Å². The maximum atomic E-state index is 11.3. The van der Waals surface area contributed by atoms with Gasteiger partial charge in [-0.1, -0.05) is 0 Å². The van der Waals surface area contributed by atoms with Crippen molar-refractivity contribution in [3.8, 4) is 0 Å². The number of nitrogens with one attached hydrogen (secondary N) is 1. The van der Waals surface area contributed by atoms with E-state index in [0.717, 1.165) is 0 Å². The number of hydrogen-bond donors (Lipinski definition) is 3. The summed E-state index contributed by atoms with van der Waals surface area (Å²) in [5.41, 5.74) is 4.49. The van der Waals surface area contributed by atoms with E-state index in [-0.39, 0.29) is 18.5 Å². The average Bonchev–Trinajstić information content (AvgIpc) is 2.60. The number of likely N-dealkylation sites (tertiary alicyclic amines) is 1. The summed E-state index contributed by atoms with van der Waals surface area (Å²) in [6, 6.07) is -0.334. The predicted octanol–water partition coefficient (Wildman–Crippen LogP) is -1.39. The fraction of sp³-hybridized carbons (Fsp3) is 0.778. The molecule has 0 aromatic carbocycles. The predicted molar refractivity (Wildman–Crippen MR) is 54.3 cm³/mol. The molecule has 1 heterocycles. The summed E-state index contributed by atoms with van der Waals surface area (Å²) < 4.78 is 0. The first-order valence-electron chi connectivity index (χ1n) is 4.88. The number of carboxylic acids is 1. The van der Waals surface area contributed by atoms with E-state index in [2.05, 4.69) is 5.32 Å². The van der Waals surface area contributed by atoms with Crippen molar-refractivity contribution < 1.29 is 14.7 Å². The van der Waals surface area contributed by atoms with Gasteiger partial charge in [0.05, 0.1) is 6.04 Å². The topological polar surface area (TPSA) is 95.7 Å². The van der Waals surface area contributed by atoms with Crippen LogP contribution in [0.4, 0.5) is 0 Å². The van der Waals surface area contributed by atoms with Crippen LogP contribution in [-0.2, 0) is 9.59 Å². The molecule has 86 valence electrons. The molecule has 6 nitrogen and oxygen atoms in total. The number of nitrogens with zero attached hydrogens (tertiary/aromatic N) is 1. The lowest BCUT2D eigenvalue weighted by molar-refractivity contribution is -0.143. The van der Waals surface area contributed by atoms with E-state index in [1.807, 2.05) is 0 Å². The van der Waals surface area contributed by atoms with Crippen LogP contribution in [0.15, 0.2) is 0 Å². The van der Waals surface area contributed by atoms with Crippen molar-refractivity contribution in [1.29, 1.82) is 0 Å². The molecule has 1 amide bonds. The zero-order valence-corrected chi connectivity index (χ0v) is 8.99. The number of amides is 1. The first kappa shape index (κ1) is 11.9.